The Morgan fingerprint density at radius 2 is 1.72 bits per heavy atom. The minimum atomic E-state index is -0.329. The first-order chi connectivity index (χ1) is 17.5. The van der Waals surface area contributed by atoms with Crippen LogP contribution in [0.15, 0.2) is 65.5 Å². The van der Waals surface area contributed by atoms with E-state index in [1.807, 2.05) is 54.3 Å². The number of H-pyrrole nitrogens is 2. The number of benzene rings is 2. The third-order valence-corrected chi connectivity index (χ3v) is 6.69. The van der Waals surface area contributed by atoms with Crippen molar-refractivity contribution in [2.24, 2.45) is 0 Å². The maximum Gasteiger partial charge on any atom is 0.276 e. The second-order valence-electron chi connectivity index (χ2n) is 9.02. The standard InChI is InChI=1S/C27H25N7O2/c1-16-5-4-8-22(29-16)33-11-13-34(14-12-33)27(36)17-9-10-19-18(15-17)23(28)24(30-19)25-26(35)32-21-7-3-2-6-20(21)31-25/h2-10,15,30H,11-14,28H2,1H3,(H,32,35). The largest absolute Gasteiger partial charge is 0.396 e. The fourth-order valence-electron chi connectivity index (χ4n) is 4.76. The predicted octanol–water partition coefficient (Wildman–Crippen LogP) is 3.32. The van der Waals surface area contributed by atoms with Crippen LogP contribution in [0.1, 0.15) is 16.1 Å². The van der Waals surface area contributed by atoms with E-state index in [4.69, 9.17) is 5.73 Å². The fraction of sp³-hybridized carbons (Fsp3) is 0.185. The monoisotopic (exact) mass is 479 g/mol. The third-order valence-electron chi connectivity index (χ3n) is 6.69. The number of nitrogen functional groups attached to an aromatic ring is 1. The van der Waals surface area contributed by atoms with E-state index in [0.29, 0.717) is 46.5 Å². The van der Waals surface area contributed by atoms with Crippen molar-refractivity contribution >= 4 is 39.3 Å². The van der Waals surface area contributed by atoms with E-state index in [0.717, 1.165) is 30.1 Å². The molecule has 4 heterocycles. The van der Waals surface area contributed by atoms with Gasteiger partial charge in [-0.2, -0.15) is 0 Å². The number of aryl methyl sites for hydroxylation is 1. The molecule has 9 nitrogen and oxygen atoms in total. The van der Waals surface area contributed by atoms with Gasteiger partial charge in [0.1, 0.15) is 5.82 Å². The van der Waals surface area contributed by atoms with Gasteiger partial charge in [0.05, 0.1) is 22.4 Å². The number of aromatic amines is 2. The zero-order valence-electron chi connectivity index (χ0n) is 19.8. The Bertz CT molecular complexity index is 1680. The first-order valence-corrected chi connectivity index (χ1v) is 11.9. The molecule has 0 bridgehead atoms. The molecule has 5 aromatic rings. The van der Waals surface area contributed by atoms with Gasteiger partial charge >= 0.3 is 0 Å². The highest BCUT2D eigenvalue weighted by molar-refractivity contribution is 6.04. The summed E-state index contributed by atoms with van der Waals surface area (Å²) < 4.78 is 0. The number of piperazine rings is 1. The molecular weight excluding hydrogens is 454 g/mol. The molecule has 4 N–H and O–H groups in total. The summed E-state index contributed by atoms with van der Waals surface area (Å²) in [4.78, 5) is 45.3. The van der Waals surface area contributed by atoms with E-state index in [1.54, 1.807) is 18.2 Å². The van der Waals surface area contributed by atoms with Crippen LogP contribution in [-0.2, 0) is 0 Å². The number of nitrogens with one attached hydrogen (secondary N) is 2. The number of rotatable bonds is 3. The molecule has 180 valence electrons. The number of aromatic nitrogens is 4. The second-order valence-corrected chi connectivity index (χ2v) is 9.02. The summed E-state index contributed by atoms with van der Waals surface area (Å²) in [6.45, 7) is 4.63. The van der Waals surface area contributed by atoms with E-state index in [9.17, 15) is 9.59 Å². The summed E-state index contributed by atoms with van der Waals surface area (Å²) >= 11 is 0. The van der Waals surface area contributed by atoms with Gasteiger partial charge in [0.2, 0.25) is 0 Å². The minimum Gasteiger partial charge on any atom is -0.396 e. The lowest BCUT2D eigenvalue weighted by Crippen LogP contribution is -2.49. The van der Waals surface area contributed by atoms with Gasteiger partial charge in [-0.15, -0.1) is 0 Å². The van der Waals surface area contributed by atoms with Gasteiger partial charge in [0, 0.05) is 48.3 Å². The maximum atomic E-state index is 13.3. The van der Waals surface area contributed by atoms with Crippen LogP contribution in [0.3, 0.4) is 0 Å². The third kappa shape index (κ3) is 3.74. The van der Waals surface area contributed by atoms with E-state index < -0.39 is 0 Å². The first-order valence-electron chi connectivity index (χ1n) is 11.9. The lowest BCUT2D eigenvalue weighted by atomic mass is 10.1. The average molecular weight is 480 g/mol. The fourth-order valence-corrected chi connectivity index (χ4v) is 4.76. The Hall–Kier alpha value is -4.66. The molecule has 1 saturated heterocycles. The highest BCUT2D eigenvalue weighted by atomic mass is 16.2. The molecule has 1 aliphatic heterocycles. The van der Waals surface area contributed by atoms with Crippen LogP contribution in [0.2, 0.25) is 0 Å². The molecule has 1 aliphatic rings. The molecule has 3 aromatic heterocycles. The molecule has 2 aromatic carbocycles. The number of pyridine rings is 1. The van der Waals surface area contributed by atoms with Crippen molar-refractivity contribution in [1.82, 2.24) is 24.8 Å². The number of para-hydroxylation sites is 2. The molecule has 6 rings (SSSR count). The van der Waals surface area contributed by atoms with Crippen molar-refractivity contribution < 1.29 is 4.79 Å². The summed E-state index contributed by atoms with van der Waals surface area (Å²) in [5.74, 6) is 0.894. The Balaban J connectivity index is 1.27. The molecule has 1 amide bonds. The number of anilines is 2. The number of hydrogen-bond acceptors (Lipinski definition) is 6. The maximum absolute atomic E-state index is 13.3. The highest BCUT2D eigenvalue weighted by Gasteiger charge is 2.24. The van der Waals surface area contributed by atoms with Crippen molar-refractivity contribution in [2.45, 2.75) is 6.92 Å². The highest BCUT2D eigenvalue weighted by Crippen LogP contribution is 2.31. The van der Waals surface area contributed by atoms with Gasteiger partial charge in [0.15, 0.2) is 5.69 Å². The van der Waals surface area contributed by atoms with Crippen LogP contribution in [0.5, 0.6) is 0 Å². The molecule has 0 spiro atoms. The predicted molar refractivity (Wildman–Crippen MR) is 141 cm³/mol. The van der Waals surface area contributed by atoms with Crippen LogP contribution in [-0.4, -0.2) is 56.9 Å². The molecule has 36 heavy (non-hydrogen) atoms. The number of amides is 1. The van der Waals surface area contributed by atoms with Crippen LogP contribution in [0, 0.1) is 6.92 Å². The molecule has 1 fully saturated rings. The zero-order valence-corrected chi connectivity index (χ0v) is 19.8. The van der Waals surface area contributed by atoms with Crippen molar-refractivity contribution in [3.8, 4) is 11.4 Å². The number of nitrogens with two attached hydrogens (primary N) is 1. The van der Waals surface area contributed by atoms with Crippen molar-refractivity contribution in [3.05, 3.63) is 82.3 Å². The quantitative estimate of drug-likeness (QED) is 0.365. The zero-order chi connectivity index (χ0) is 24.8. The van der Waals surface area contributed by atoms with Crippen molar-refractivity contribution in [2.75, 3.05) is 36.8 Å². The lowest BCUT2D eigenvalue weighted by Gasteiger charge is -2.35. The lowest BCUT2D eigenvalue weighted by molar-refractivity contribution is 0.0746. The van der Waals surface area contributed by atoms with Gasteiger partial charge in [-0.25, -0.2) is 9.97 Å². The van der Waals surface area contributed by atoms with Gasteiger partial charge in [-0.3, -0.25) is 9.59 Å². The van der Waals surface area contributed by atoms with Gasteiger partial charge < -0.3 is 25.5 Å². The Labute approximate surface area is 206 Å². The van der Waals surface area contributed by atoms with E-state index >= 15 is 0 Å². The summed E-state index contributed by atoms with van der Waals surface area (Å²) in [5, 5.41) is 0.688. The second kappa shape index (κ2) is 8.53. The smallest absolute Gasteiger partial charge is 0.276 e. The average Bonchev–Trinajstić information content (AvgIpc) is 3.23. The summed E-state index contributed by atoms with van der Waals surface area (Å²) in [6, 6.07) is 18.7. The molecular formula is C27H25N7O2. The topological polar surface area (TPSA) is 124 Å². The van der Waals surface area contributed by atoms with Gasteiger partial charge in [-0.1, -0.05) is 18.2 Å². The minimum absolute atomic E-state index is 0.0439. The number of carbonyl (C=O) groups is 1. The van der Waals surface area contributed by atoms with Crippen molar-refractivity contribution in [3.63, 3.8) is 0 Å². The Morgan fingerprint density at radius 1 is 0.917 bits per heavy atom. The number of carbonyl (C=O) groups excluding carboxylic acids is 1. The molecule has 9 heteroatoms. The summed E-state index contributed by atoms with van der Waals surface area (Å²) in [7, 11) is 0. The van der Waals surface area contributed by atoms with E-state index in [-0.39, 0.29) is 17.2 Å². The van der Waals surface area contributed by atoms with Gasteiger partial charge in [-0.05, 0) is 49.4 Å². The van der Waals surface area contributed by atoms with Gasteiger partial charge in [0.25, 0.3) is 11.5 Å². The number of hydrogen-bond donors (Lipinski definition) is 3. The van der Waals surface area contributed by atoms with E-state index in [1.165, 1.54) is 0 Å². The number of nitrogens with zero attached hydrogens (tertiary/aromatic N) is 4. The normalized spacial score (nSPS) is 14.0. The van der Waals surface area contributed by atoms with Crippen LogP contribution in [0.4, 0.5) is 11.5 Å². The molecule has 0 aliphatic carbocycles. The molecule has 0 radical (unpaired) electrons. The van der Waals surface area contributed by atoms with Crippen molar-refractivity contribution in [1.29, 1.82) is 0 Å². The van der Waals surface area contributed by atoms with Crippen LogP contribution >= 0.6 is 0 Å². The SMILES string of the molecule is Cc1cccc(N2CCN(C(=O)c3ccc4[nH]c(-c5nc6ccccc6[nH]c5=O)c(N)c4c3)CC2)n1. The number of fused-ring (bicyclic) bond motifs is 2. The summed E-state index contributed by atoms with van der Waals surface area (Å²) in [5.41, 5.74) is 10.8. The van der Waals surface area contributed by atoms with E-state index in [2.05, 4.69) is 24.8 Å². The molecule has 0 atom stereocenters. The molecule has 0 unspecified atom stereocenters. The Kier molecular flexibility index (Phi) is 5.18. The molecule has 0 saturated carbocycles. The summed E-state index contributed by atoms with van der Waals surface area (Å²) in [6.07, 6.45) is 0. The van der Waals surface area contributed by atoms with Crippen LogP contribution < -0.4 is 16.2 Å². The first kappa shape index (κ1) is 21.8. The van der Waals surface area contributed by atoms with Crippen LogP contribution in [0.25, 0.3) is 33.3 Å². The Morgan fingerprint density at radius 3 is 2.53 bits per heavy atom.